The molecule has 41 heavy (non-hydrogen) atoms. The molecule has 0 aliphatic heterocycles. The minimum absolute atomic E-state index is 0.0888. The summed E-state index contributed by atoms with van der Waals surface area (Å²) in [6, 6.07) is 11.4. The van der Waals surface area contributed by atoms with Crippen LogP contribution in [0.25, 0.3) is 0 Å². The molecule has 1 atom stereocenters. The third-order valence-electron chi connectivity index (χ3n) is 5.37. The summed E-state index contributed by atoms with van der Waals surface area (Å²) in [6.07, 6.45) is -13.4. The van der Waals surface area contributed by atoms with E-state index in [1.165, 1.54) is 24.3 Å². The zero-order chi connectivity index (χ0) is 30.8. The van der Waals surface area contributed by atoms with Crippen molar-refractivity contribution in [3.8, 4) is 5.75 Å². The summed E-state index contributed by atoms with van der Waals surface area (Å²) in [4.78, 5) is 24.8. The highest BCUT2D eigenvalue weighted by Gasteiger charge is 2.74. The summed E-state index contributed by atoms with van der Waals surface area (Å²) in [5, 5.41) is 11.6. The number of ether oxygens (including phenoxy) is 3. The number of carbonyl (C=O) groups excluding carboxylic acids is 1. The summed E-state index contributed by atoms with van der Waals surface area (Å²) >= 11 is 3.21. The molecule has 1 unspecified atom stereocenters. The lowest BCUT2D eigenvalue weighted by Crippen LogP contribution is -2.54. The number of carboxylic acid groups (broad SMARTS) is 1. The Kier molecular flexibility index (Phi) is 12.2. The van der Waals surface area contributed by atoms with Gasteiger partial charge in [0, 0.05) is 29.7 Å². The maximum atomic E-state index is 13.5. The van der Waals surface area contributed by atoms with Gasteiger partial charge in [0.05, 0.1) is 13.2 Å². The number of hydrogen-bond acceptors (Lipinski definition) is 5. The second kappa shape index (κ2) is 14.7. The van der Waals surface area contributed by atoms with Crippen molar-refractivity contribution in [2.24, 2.45) is 0 Å². The van der Waals surface area contributed by atoms with Gasteiger partial charge in [0.15, 0.2) is 6.10 Å². The summed E-state index contributed by atoms with van der Waals surface area (Å²) in [5.41, 5.74) is 0.906. The van der Waals surface area contributed by atoms with Crippen molar-refractivity contribution in [3.63, 3.8) is 0 Å². The lowest BCUT2D eigenvalue weighted by Gasteiger charge is -2.29. The van der Waals surface area contributed by atoms with E-state index < -0.39 is 49.5 Å². The van der Waals surface area contributed by atoms with Gasteiger partial charge in [-0.2, -0.15) is 30.7 Å². The van der Waals surface area contributed by atoms with Crippen LogP contribution in [0.15, 0.2) is 53.0 Å². The van der Waals surface area contributed by atoms with Gasteiger partial charge in [0.1, 0.15) is 12.4 Å². The molecule has 2 rings (SSSR count). The van der Waals surface area contributed by atoms with Crippen molar-refractivity contribution in [2.45, 2.75) is 37.7 Å². The molecule has 2 N–H and O–H groups in total. The van der Waals surface area contributed by atoms with Crippen molar-refractivity contribution >= 4 is 33.6 Å². The number of nitrogens with one attached hydrogen (secondary N) is 1. The number of anilines is 1. The average Bonchev–Trinajstić information content (AvgIpc) is 2.88. The summed E-state index contributed by atoms with van der Waals surface area (Å²) in [5.74, 6) is -7.29. The van der Waals surface area contributed by atoms with E-state index in [1.807, 2.05) is 0 Å². The smallest absolute Gasteiger partial charge is 0.462 e. The third-order valence-corrected chi connectivity index (χ3v) is 5.90. The number of carboxylic acids is 1. The van der Waals surface area contributed by atoms with Crippen LogP contribution in [-0.2, 0) is 20.7 Å². The Morgan fingerprint density at radius 2 is 1.54 bits per heavy atom. The SMILES string of the molecule is CCOC(Cc1ccc(OCCN(CCOC(F)(F)C(F)(F)C(F)(F)F)C(=O)Nc2ccc(Br)cc2)cc1)C(=O)O. The fourth-order valence-electron chi connectivity index (χ4n) is 3.22. The van der Waals surface area contributed by atoms with Crippen molar-refractivity contribution < 1.29 is 59.6 Å². The van der Waals surface area contributed by atoms with E-state index in [0.717, 1.165) is 4.90 Å². The highest BCUT2D eigenvalue weighted by molar-refractivity contribution is 9.10. The zero-order valence-corrected chi connectivity index (χ0v) is 23.0. The van der Waals surface area contributed by atoms with E-state index in [9.17, 15) is 45.4 Å². The predicted molar refractivity (Wildman–Crippen MR) is 135 cm³/mol. The van der Waals surface area contributed by atoms with E-state index in [-0.39, 0.29) is 37.6 Å². The van der Waals surface area contributed by atoms with Gasteiger partial charge in [-0.05, 0) is 48.9 Å². The summed E-state index contributed by atoms with van der Waals surface area (Å²) in [6.45, 7) is -0.824. The lowest BCUT2D eigenvalue weighted by molar-refractivity contribution is -0.423. The largest absolute Gasteiger partial charge is 0.492 e. The number of halogens is 8. The molecule has 2 aromatic rings. The van der Waals surface area contributed by atoms with Crippen LogP contribution in [0.5, 0.6) is 5.75 Å². The number of carbonyl (C=O) groups is 2. The molecular weight excluding hydrogens is 637 g/mol. The van der Waals surface area contributed by atoms with Crippen LogP contribution in [0.4, 0.5) is 41.2 Å². The van der Waals surface area contributed by atoms with E-state index >= 15 is 0 Å². The molecule has 0 saturated heterocycles. The van der Waals surface area contributed by atoms with Gasteiger partial charge in [-0.3, -0.25) is 0 Å². The van der Waals surface area contributed by atoms with Gasteiger partial charge < -0.3 is 29.5 Å². The Morgan fingerprint density at radius 1 is 0.951 bits per heavy atom. The Hall–Kier alpha value is -3.11. The average molecular weight is 663 g/mol. The Morgan fingerprint density at radius 3 is 2.07 bits per heavy atom. The van der Waals surface area contributed by atoms with E-state index in [2.05, 4.69) is 26.0 Å². The second-order valence-corrected chi connectivity index (χ2v) is 9.26. The summed E-state index contributed by atoms with van der Waals surface area (Å²) < 4.78 is 105. The maximum absolute atomic E-state index is 13.5. The standard InChI is InChI=1S/C25H26BrF7N2O6/c1-2-39-20(21(36)37)15-16-3-9-19(10-4-16)40-13-11-35(22(38)34-18-7-5-17(26)6-8-18)12-14-41-25(32,33)23(27,28)24(29,30)31/h3-10,20H,2,11-15H2,1H3,(H,34,38)(H,36,37). The first kappa shape index (κ1) is 34.1. The highest BCUT2D eigenvalue weighted by atomic mass is 79.9. The maximum Gasteiger partial charge on any atom is 0.462 e. The van der Waals surface area contributed by atoms with Crippen molar-refractivity contribution in [2.75, 3.05) is 38.2 Å². The van der Waals surface area contributed by atoms with Gasteiger partial charge in [-0.1, -0.05) is 28.1 Å². The first-order chi connectivity index (χ1) is 19.1. The quantitative estimate of drug-likeness (QED) is 0.221. The van der Waals surface area contributed by atoms with Gasteiger partial charge in [0.2, 0.25) is 0 Å². The first-order valence-corrected chi connectivity index (χ1v) is 12.7. The number of nitrogens with zero attached hydrogens (tertiary/aromatic N) is 1. The molecule has 0 fully saturated rings. The fraction of sp³-hybridized carbons (Fsp3) is 0.440. The van der Waals surface area contributed by atoms with Crippen molar-refractivity contribution in [1.82, 2.24) is 4.90 Å². The molecule has 0 bridgehead atoms. The number of alkyl halides is 7. The molecule has 0 saturated carbocycles. The summed E-state index contributed by atoms with van der Waals surface area (Å²) in [7, 11) is 0. The highest BCUT2D eigenvalue weighted by Crippen LogP contribution is 2.46. The van der Waals surface area contributed by atoms with Gasteiger partial charge in [0.25, 0.3) is 0 Å². The molecule has 0 aliphatic rings. The second-order valence-electron chi connectivity index (χ2n) is 8.34. The fourth-order valence-corrected chi connectivity index (χ4v) is 3.48. The minimum Gasteiger partial charge on any atom is -0.492 e. The van der Waals surface area contributed by atoms with Crippen LogP contribution in [0.1, 0.15) is 12.5 Å². The zero-order valence-electron chi connectivity index (χ0n) is 21.4. The molecule has 228 valence electrons. The molecule has 0 aliphatic carbocycles. The molecular formula is C25H26BrF7N2O6. The van der Waals surface area contributed by atoms with Crippen molar-refractivity contribution in [1.29, 1.82) is 0 Å². The number of benzene rings is 2. The van der Waals surface area contributed by atoms with Gasteiger partial charge >= 0.3 is 30.2 Å². The van der Waals surface area contributed by atoms with Crippen LogP contribution >= 0.6 is 15.9 Å². The normalized spacial score (nSPS) is 13.0. The molecule has 0 radical (unpaired) electrons. The van der Waals surface area contributed by atoms with Gasteiger partial charge in [-0.15, -0.1) is 0 Å². The van der Waals surface area contributed by atoms with Crippen LogP contribution in [-0.4, -0.2) is 79.2 Å². The first-order valence-electron chi connectivity index (χ1n) is 11.9. The molecule has 16 heteroatoms. The van der Waals surface area contributed by atoms with E-state index in [1.54, 1.807) is 31.2 Å². The van der Waals surface area contributed by atoms with Crippen LogP contribution in [0.3, 0.4) is 0 Å². The Bertz CT molecular complexity index is 1130. The Labute approximate surface area is 238 Å². The molecule has 8 nitrogen and oxygen atoms in total. The molecule has 0 spiro atoms. The van der Waals surface area contributed by atoms with Gasteiger partial charge in [-0.25, -0.2) is 9.59 Å². The predicted octanol–water partition coefficient (Wildman–Crippen LogP) is 6.20. The number of rotatable bonds is 15. The van der Waals surface area contributed by atoms with E-state index in [0.29, 0.717) is 10.0 Å². The topological polar surface area (TPSA) is 97.3 Å². The Balaban J connectivity index is 2.04. The third kappa shape index (κ3) is 10.0. The van der Waals surface area contributed by atoms with Crippen LogP contribution in [0, 0.1) is 0 Å². The molecule has 2 aromatic carbocycles. The lowest BCUT2D eigenvalue weighted by atomic mass is 10.1. The molecule has 2 amide bonds. The molecule has 0 heterocycles. The van der Waals surface area contributed by atoms with Crippen LogP contribution < -0.4 is 10.1 Å². The number of hydrogen-bond donors (Lipinski definition) is 2. The minimum atomic E-state index is -6.56. The van der Waals surface area contributed by atoms with E-state index in [4.69, 9.17) is 9.47 Å². The number of urea groups is 1. The monoisotopic (exact) mass is 662 g/mol. The van der Waals surface area contributed by atoms with Crippen molar-refractivity contribution in [3.05, 3.63) is 58.6 Å². The number of amides is 2. The number of aliphatic carboxylic acids is 1. The van der Waals surface area contributed by atoms with Crippen LogP contribution in [0.2, 0.25) is 0 Å². The molecule has 0 aromatic heterocycles.